The Morgan fingerprint density at radius 2 is 1.29 bits per heavy atom. The van der Waals surface area contributed by atoms with Crippen LogP contribution >= 0.6 is 0 Å². The quantitative estimate of drug-likeness (QED) is 0.505. The lowest BCUT2D eigenvalue weighted by molar-refractivity contribution is 1.15. The van der Waals surface area contributed by atoms with E-state index in [-0.39, 0.29) is 0 Å². The van der Waals surface area contributed by atoms with Crippen molar-refractivity contribution in [3.05, 3.63) is 45.0 Å². The number of nitrogens with one attached hydrogen (secondary N) is 2. The average molecular weight is 193 g/mol. The van der Waals surface area contributed by atoms with Gasteiger partial charge in [-0.25, -0.2) is 0 Å². The first-order valence-corrected chi connectivity index (χ1v) is 4.06. The molecule has 4 N–H and O–H groups in total. The molecule has 0 saturated carbocycles. The van der Waals surface area contributed by atoms with Crippen molar-refractivity contribution in [2.24, 2.45) is 5.73 Å². The molecule has 1 aromatic carbocycles. The van der Waals surface area contributed by atoms with E-state index in [0.29, 0.717) is 11.0 Å². The van der Waals surface area contributed by atoms with Gasteiger partial charge in [0.05, 0.1) is 11.0 Å². The highest BCUT2D eigenvalue weighted by Gasteiger charge is 1.95. The molecular formula is C9H11N3O2. The van der Waals surface area contributed by atoms with Crippen LogP contribution in [0.5, 0.6) is 0 Å². The average Bonchev–Trinajstić information content (AvgIpc) is 2.23. The van der Waals surface area contributed by atoms with Crippen LogP contribution in [0.2, 0.25) is 0 Å². The summed E-state index contributed by atoms with van der Waals surface area (Å²) in [5.74, 6) is 0. The predicted octanol–water partition coefficient (Wildman–Crippen LogP) is -0.209. The molecule has 1 heterocycles. The monoisotopic (exact) mass is 193 g/mol. The number of hydrogen-bond donors (Lipinski definition) is 3. The lowest BCUT2D eigenvalue weighted by Gasteiger charge is -1.93. The first kappa shape index (κ1) is 10.2. The minimum Gasteiger partial charge on any atom is -0.333 e. The number of nitrogens with two attached hydrogens (primary N) is 1. The maximum atomic E-state index is 10.8. The van der Waals surface area contributed by atoms with Crippen LogP contribution in [-0.2, 0) is 0 Å². The Morgan fingerprint density at radius 3 is 1.64 bits per heavy atom. The summed E-state index contributed by atoms with van der Waals surface area (Å²) < 4.78 is 0. The molecule has 2 rings (SSSR count). The van der Waals surface area contributed by atoms with Gasteiger partial charge in [0.15, 0.2) is 0 Å². The third-order valence-electron chi connectivity index (χ3n) is 1.63. The highest BCUT2D eigenvalue weighted by Crippen LogP contribution is 2.01. The standard InChI is InChI=1S/C8H6N2O2.CH5N/c11-7-8(12)10-6-4-2-1-3-5(6)9-7;1-2/h1-4H,(H,9,11)(H,10,12);2H2,1H3. The fraction of sp³-hybridized carbons (Fsp3) is 0.111. The molecule has 74 valence electrons. The molecule has 0 atom stereocenters. The van der Waals surface area contributed by atoms with Crippen LogP contribution in [0.4, 0.5) is 0 Å². The molecule has 0 unspecified atom stereocenters. The maximum Gasteiger partial charge on any atom is 0.314 e. The summed E-state index contributed by atoms with van der Waals surface area (Å²) in [4.78, 5) is 26.6. The molecule has 2 aromatic rings. The van der Waals surface area contributed by atoms with Crippen molar-refractivity contribution in [2.75, 3.05) is 7.05 Å². The third-order valence-corrected chi connectivity index (χ3v) is 1.63. The van der Waals surface area contributed by atoms with E-state index in [2.05, 4.69) is 15.7 Å². The van der Waals surface area contributed by atoms with E-state index in [1.54, 1.807) is 24.3 Å². The van der Waals surface area contributed by atoms with Crippen LogP contribution in [-0.4, -0.2) is 17.0 Å². The van der Waals surface area contributed by atoms with E-state index in [0.717, 1.165) is 0 Å². The Bertz CT molecular complexity index is 479. The van der Waals surface area contributed by atoms with E-state index >= 15 is 0 Å². The minimum absolute atomic E-state index is 0.617. The second-order valence-electron chi connectivity index (χ2n) is 2.45. The zero-order valence-electron chi connectivity index (χ0n) is 7.70. The lowest BCUT2D eigenvalue weighted by atomic mass is 10.3. The summed E-state index contributed by atoms with van der Waals surface area (Å²) >= 11 is 0. The molecular weight excluding hydrogens is 182 g/mol. The van der Waals surface area contributed by atoms with Crippen molar-refractivity contribution in [2.45, 2.75) is 0 Å². The normalized spacial score (nSPS) is 9.29. The second-order valence-corrected chi connectivity index (χ2v) is 2.45. The molecule has 5 heteroatoms. The summed E-state index contributed by atoms with van der Waals surface area (Å²) in [6, 6.07) is 7.03. The molecule has 0 bridgehead atoms. The number of H-pyrrole nitrogens is 2. The van der Waals surface area contributed by atoms with Crippen molar-refractivity contribution < 1.29 is 0 Å². The number of aromatic amines is 2. The smallest absolute Gasteiger partial charge is 0.314 e. The summed E-state index contributed by atoms with van der Waals surface area (Å²) in [5, 5.41) is 0. The van der Waals surface area contributed by atoms with Crippen molar-refractivity contribution in [3.8, 4) is 0 Å². The van der Waals surface area contributed by atoms with E-state index in [1.165, 1.54) is 7.05 Å². The van der Waals surface area contributed by atoms with Gasteiger partial charge in [-0.3, -0.25) is 9.59 Å². The molecule has 0 aliphatic heterocycles. The minimum atomic E-state index is -0.617. The van der Waals surface area contributed by atoms with Crippen LogP contribution in [0, 0.1) is 0 Å². The van der Waals surface area contributed by atoms with Gasteiger partial charge in [-0.05, 0) is 19.2 Å². The van der Waals surface area contributed by atoms with Crippen molar-refractivity contribution in [1.82, 2.24) is 9.97 Å². The third kappa shape index (κ3) is 1.89. The highest BCUT2D eigenvalue weighted by molar-refractivity contribution is 5.72. The van der Waals surface area contributed by atoms with Gasteiger partial charge in [-0.1, -0.05) is 12.1 Å². The van der Waals surface area contributed by atoms with Crippen LogP contribution in [0.15, 0.2) is 33.9 Å². The van der Waals surface area contributed by atoms with Gasteiger partial charge in [0.1, 0.15) is 0 Å². The first-order chi connectivity index (χ1) is 6.77. The fourth-order valence-corrected chi connectivity index (χ4v) is 1.06. The van der Waals surface area contributed by atoms with Crippen LogP contribution < -0.4 is 16.9 Å². The predicted molar refractivity (Wildman–Crippen MR) is 55.3 cm³/mol. The molecule has 1 aromatic heterocycles. The largest absolute Gasteiger partial charge is 0.333 e. The summed E-state index contributed by atoms with van der Waals surface area (Å²) in [6.45, 7) is 0. The fourth-order valence-electron chi connectivity index (χ4n) is 1.06. The number of aromatic nitrogens is 2. The van der Waals surface area contributed by atoms with Crippen LogP contribution in [0.25, 0.3) is 11.0 Å². The van der Waals surface area contributed by atoms with Crippen LogP contribution in [0.1, 0.15) is 0 Å². The van der Waals surface area contributed by atoms with Gasteiger partial charge in [-0.2, -0.15) is 0 Å². The van der Waals surface area contributed by atoms with E-state index in [9.17, 15) is 9.59 Å². The second kappa shape index (κ2) is 4.38. The van der Waals surface area contributed by atoms with Gasteiger partial charge >= 0.3 is 11.1 Å². The van der Waals surface area contributed by atoms with Gasteiger partial charge in [0.2, 0.25) is 0 Å². The number of hydrogen-bond acceptors (Lipinski definition) is 3. The van der Waals surface area contributed by atoms with Crippen molar-refractivity contribution >= 4 is 11.0 Å². The number of fused-ring (bicyclic) bond motifs is 1. The van der Waals surface area contributed by atoms with Gasteiger partial charge in [-0.15, -0.1) is 0 Å². The Kier molecular flexibility index (Phi) is 3.19. The molecule has 0 amide bonds. The Morgan fingerprint density at radius 1 is 0.929 bits per heavy atom. The summed E-state index contributed by atoms with van der Waals surface area (Å²) in [7, 11) is 1.50. The Labute approximate surface area is 79.6 Å². The zero-order valence-corrected chi connectivity index (χ0v) is 7.70. The van der Waals surface area contributed by atoms with Gasteiger partial charge in [0.25, 0.3) is 0 Å². The molecule has 0 aliphatic rings. The Hall–Kier alpha value is -1.88. The first-order valence-electron chi connectivity index (χ1n) is 4.06. The zero-order chi connectivity index (χ0) is 10.6. The Balaban J connectivity index is 0.000000461. The molecule has 0 fully saturated rings. The van der Waals surface area contributed by atoms with Crippen molar-refractivity contribution in [1.29, 1.82) is 0 Å². The SMILES string of the molecule is CN.O=c1[nH]c2ccccc2[nH]c1=O. The molecule has 0 aliphatic carbocycles. The highest BCUT2D eigenvalue weighted by atomic mass is 16.2. The number of rotatable bonds is 0. The molecule has 14 heavy (non-hydrogen) atoms. The summed E-state index contributed by atoms with van der Waals surface area (Å²) in [5.41, 5.74) is 4.55. The number of para-hydroxylation sites is 2. The lowest BCUT2D eigenvalue weighted by Crippen LogP contribution is -2.28. The van der Waals surface area contributed by atoms with Gasteiger partial charge in [0, 0.05) is 0 Å². The molecule has 0 radical (unpaired) electrons. The van der Waals surface area contributed by atoms with Crippen LogP contribution in [0.3, 0.4) is 0 Å². The van der Waals surface area contributed by atoms with Crippen molar-refractivity contribution in [3.63, 3.8) is 0 Å². The van der Waals surface area contributed by atoms with Gasteiger partial charge < -0.3 is 15.7 Å². The molecule has 0 spiro atoms. The summed E-state index contributed by atoms with van der Waals surface area (Å²) in [6.07, 6.45) is 0. The maximum absolute atomic E-state index is 10.8. The topological polar surface area (TPSA) is 91.7 Å². The van der Waals surface area contributed by atoms with E-state index in [4.69, 9.17) is 0 Å². The van der Waals surface area contributed by atoms with E-state index in [1.807, 2.05) is 0 Å². The number of benzene rings is 1. The molecule has 0 saturated heterocycles. The molecule has 5 nitrogen and oxygen atoms in total. The van der Waals surface area contributed by atoms with E-state index < -0.39 is 11.1 Å².